The number of anilines is 1. The molecule has 2 fully saturated rings. The Kier molecular flexibility index (Phi) is 3.69. The van der Waals surface area contributed by atoms with E-state index in [0.717, 1.165) is 30.6 Å². The highest BCUT2D eigenvalue weighted by atomic mass is 15.3. The summed E-state index contributed by atoms with van der Waals surface area (Å²) in [5.41, 5.74) is 1.05. The van der Waals surface area contributed by atoms with Crippen molar-refractivity contribution in [3.05, 3.63) is 18.1 Å². The topological polar surface area (TPSA) is 32.3 Å². The summed E-state index contributed by atoms with van der Waals surface area (Å²) in [4.78, 5) is 13.7. The molecule has 19 heavy (non-hydrogen) atoms. The molecule has 104 valence electrons. The number of aromatic nitrogens is 2. The van der Waals surface area contributed by atoms with E-state index < -0.39 is 0 Å². The summed E-state index contributed by atoms with van der Waals surface area (Å²) >= 11 is 0. The molecule has 1 aliphatic heterocycles. The molecule has 1 unspecified atom stereocenters. The molecule has 0 bridgehead atoms. The van der Waals surface area contributed by atoms with Crippen LogP contribution in [0.5, 0.6) is 0 Å². The standard InChI is InChI=1S/C15H24N4/c1-12-9-15(17-11-16-12)18-7-8-19(13(2)10-18)14-5-3-4-6-14/h9,11,13-14H,3-8,10H2,1-2H3. The molecule has 1 aromatic rings. The van der Waals surface area contributed by atoms with Crippen molar-refractivity contribution < 1.29 is 0 Å². The molecule has 0 radical (unpaired) electrons. The van der Waals surface area contributed by atoms with Crippen LogP contribution in [0.2, 0.25) is 0 Å². The highest BCUT2D eigenvalue weighted by Crippen LogP contribution is 2.27. The highest BCUT2D eigenvalue weighted by molar-refractivity contribution is 5.39. The Bertz CT molecular complexity index is 428. The molecule has 1 aromatic heterocycles. The number of rotatable bonds is 2. The van der Waals surface area contributed by atoms with Crippen molar-refractivity contribution in [1.82, 2.24) is 14.9 Å². The average molecular weight is 260 g/mol. The number of aryl methyl sites for hydroxylation is 1. The Morgan fingerprint density at radius 3 is 2.63 bits per heavy atom. The third-order valence-corrected chi connectivity index (χ3v) is 4.59. The first-order chi connectivity index (χ1) is 9.24. The van der Waals surface area contributed by atoms with Crippen LogP contribution in [0.1, 0.15) is 38.3 Å². The van der Waals surface area contributed by atoms with Crippen LogP contribution >= 0.6 is 0 Å². The molecule has 0 amide bonds. The minimum atomic E-state index is 0.632. The van der Waals surface area contributed by atoms with Crippen molar-refractivity contribution in [2.75, 3.05) is 24.5 Å². The monoisotopic (exact) mass is 260 g/mol. The number of hydrogen-bond donors (Lipinski definition) is 0. The van der Waals surface area contributed by atoms with Gasteiger partial charge < -0.3 is 4.90 Å². The first-order valence-corrected chi connectivity index (χ1v) is 7.53. The predicted octanol–water partition coefficient (Wildman–Crippen LogP) is 2.24. The number of nitrogens with zero attached hydrogens (tertiary/aromatic N) is 4. The molecule has 4 nitrogen and oxygen atoms in total. The quantitative estimate of drug-likeness (QED) is 0.816. The fraction of sp³-hybridized carbons (Fsp3) is 0.733. The molecule has 4 heteroatoms. The summed E-state index contributed by atoms with van der Waals surface area (Å²) in [5.74, 6) is 1.09. The smallest absolute Gasteiger partial charge is 0.132 e. The second kappa shape index (κ2) is 5.45. The lowest BCUT2D eigenvalue weighted by atomic mass is 10.1. The van der Waals surface area contributed by atoms with Gasteiger partial charge in [0.1, 0.15) is 12.1 Å². The summed E-state index contributed by atoms with van der Waals surface area (Å²) < 4.78 is 0. The van der Waals surface area contributed by atoms with Gasteiger partial charge in [-0.2, -0.15) is 0 Å². The normalized spacial score (nSPS) is 26.0. The zero-order chi connectivity index (χ0) is 13.2. The SMILES string of the molecule is Cc1cc(N2CCN(C3CCCC3)C(C)C2)ncn1. The lowest BCUT2D eigenvalue weighted by Gasteiger charge is -2.43. The second-order valence-electron chi connectivity index (χ2n) is 5.99. The van der Waals surface area contributed by atoms with Crippen molar-refractivity contribution in [2.45, 2.75) is 51.6 Å². The van der Waals surface area contributed by atoms with Crippen LogP contribution in [-0.4, -0.2) is 46.6 Å². The lowest BCUT2D eigenvalue weighted by molar-refractivity contribution is 0.130. The van der Waals surface area contributed by atoms with Crippen LogP contribution in [0.25, 0.3) is 0 Å². The van der Waals surface area contributed by atoms with E-state index in [9.17, 15) is 0 Å². The van der Waals surface area contributed by atoms with Gasteiger partial charge in [0.2, 0.25) is 0 Å². The van der Waals surface area contributed by atoms with Crippen LogP contribution in [0.15, 0.2) is 12.4 Å². The van der Waals surface area contributed by atoms with E-state index in [1.807, 2.05) is 6.92 Å². The fourth-order valence-electron chi connectivity index (χ4n) is 3.57. The zero-order valence-corrected chi connectivity index (χ0v) is 12.0. The van der Waals surface area contributed by atoms with Gasteiger partial charge in [0, 0.05) is 43.5 Å². The van der Waals surface area contributed by atoms with Gasteiger partial charge in [-0.15, -0.1) is 0 Å². The molecule has 1 saturated carbocycles. The molecular formula is C15H24N4. The Morgan fingerprint density at radius 2 is 1.95 bits per heavy atom. The van der Waals surface area contributed by atoms with E-state index in [2.05, 4.69) is 32.8 Å². The van der Waals surface area contributed by atoms with Gasteiger partial charge >= 0.3 is 0 Å². The Morgan fingerprint density at radius 1 is 1.16 bits per heavy atom. The minimum Gasteiger partial charge on any atom is -0.354 e. The van der Waals surface area contributed by atoms with Crippen LogP contribution in [0.3, 0.4) is 0 Å². The van der Waals surface area contributed by atoms with E-state index in [0.29, 0.717) is 6.04 Å². The molecule has 1 aliphatic carbocycles. The molecular weight excluding hydrogens is 236 g/mol. The summed E-state index contributed by atoms with van der Waals surface area (Å²) in [5, 5.41) is 0. The average Bonchev–Trinajstić information content (AvgIpc) is 2.92. The van der Waals surface area contributed by atoms with E-state index in [4.69, 9.17) is 0 Å². The maximum absolute atomic E-state index is 4.42. The van der Waals surface area contributed by atoms with Gasteiger partial charge in [0.15, 0.2) is 0 Å². The Labute approximate surface area is 115 Å². The number of piperazine rings is 1. The van der Waals surface area contributed by atoms with E-state index in [1.165, 1.54) is 32.2 Å². The van der Waals surface area contributed by atoms with Gasteiger partial charge in [-0.05, 0) is 26.7 Å². The van der Waals surface area contributed by atoms with Gasteiger partial charge in [0.05, 0.1) is 0 Å². The van der Waals surface area contributed by atoms with Crippen molar-refractivity contribution in [3.8, 4) is 0 Å². The maximum Gasteiger partial charge on any atom is 0.132 e. The first kappa shape index (κ1) is 12.9. The maximum atomic E-state index is 4.42. The molecule has 0 aromatic carbocycles. The molecule has 1 atom stereocenters. The predicted molar refractivity (Wildman–Crippen MR) is 77.4 cm³/mol. The molecule has 3 rings (SSSR count). The highest BCUT2D eigenvalue weighted by Gasteiger charge is 2.31. The zero-order valence-electron chi connectivity index (χ0n) is 12.0. The van der Waals surface area contributed by atoms with Gasteiger partial charge in [-0.1, -0.05) is 12.8 Å². The van der Waals surface area contributed by atoms with E-state index in [-0.39, 0.29) is 0 Å². The Balaban J connectivity index is 1.66. The van der Waals surface area contributed by atoms with Gasteiger partial charge in [-0.25, -0.2) is 9.97 Å². The second-order valence-corrected chi connectivity index (χ2v) is 5.99. The van der Waals surface area contributed by atoms with Crippen LogP contribution < -0.4 is 4.90 Å². The minimum absolute atomic E-state index is 0.632. The van der Waals surface area contributed by atoms with Crippen molar-refractivity contribution in [1.29, 1.82) is 0 Å². The summed E-state index contributed by atoms with van der Waals surface area (Å²) in [6, 6.07) is 3.56. The third kappa shape index (κ3) is 2.73. The summed E-state index contributed by atoms with van der Waals surface area (Å²) in [6.07, 6.45) is 7.32. The lowest BCUT2D eigenvalue weighted by Crippen LogP contribution is -2.55. The third-order valence-electron chi connectivity index (χ3n) is 4.59. The molecule has 2 heterocycles. The Hall–Kier alpha value is -1.16. The van der Waals surface area contributed by atoms with Gasteiger partial charge in [-0.3, -0.25) is 4.90 Å². The van der Waals surface area contributed by atoms with E-state index in [1.54, 1.807) is 6.33 Å². The van der Waals surface area contributed by atoms with Crippen molar-refractivity contribution in [2.24, 2.45) is 0 Å². The van der Waals surface area contributed by atoms with Crippen LogP contribution in [-0.2, 0) is 0 Å². The largest absolute Gasteiger partial charge is 0.354 e. The summed E-state index contributed by atoms with van der Waals surface area (Å²) in [7, 11) is 0. The molecule has 2 aliphatic rings. The number of hydrogen-bond acceptors (Lipinski definition) is 4. The van der Waals surface area contributed by atoms with Crippen LogP contribution in [0, 0.1) is 6.92 Å². The first-order valence-electron chi connectivity index (χ1n) is 7.53. The summed E-state index contributed by atoms with van der Waals surface area (Å²) in [6.45, 7) is 7.75. The van der Waals surface area contributed by atoms with Gasteiger partial charge in [0.25, 0.3) is 0 Å². The fourth-order valence-corrected chi connectivity index (χ4v) is 3.57. The van der Waals surface area contributed by atoms with E-state index >= 15 is 0 Å². The van der Waals surface area contributed by atoms with Crippen molar-refractivity contribution >= 4 is 5.82 Å². The van der Waals surface area contributed by atoms with Crippen LogP contribution in [0.4, 0.5) is 5.82 Å². The molecule has 0 N–H and O–H groups in total. The molecule has 1 saturated heterocycles. The van der Waals surface area contributed by atoms with Crippen molar-refractivity contribution in [3.63, 3.8) is 0 Å². The molecule has 0 spiro atoms.